The molecule has 1 aliphatic heterocycles. The first-order valence-corrected chi connectivity index (χ1v) is 5.59. The van der Waals surface area contributed by atoms with Gasteiger partial charge in [-0.05, 0) is 27.2 Å². The number of carbonyl (C=O) groups excluding carboxylic acids is 2. The van der Waals surface area contributed by atoms with Crippen molar-refractivity contribution in [1.29, 1.82) is 0 Å². The predicted molar refractivity (Wildman–Crippen MR) is 61.0 cm³/mol. The maximum atomic E-state index is 11.8. The molecule has 1 amide bonds. The van der Waals surface area contributed by atoms with E-state index in [4.69, 9.17) is 10.5 Å². The first-order valence-electron chi connectivity index (χ1n) is 5.59. The Morgan fingerprint density at radius 1 is 1.35 bits per heavy atom. The first kappa shape index (κ1) is 13.8. The van der Waals surface area contributed by atoms with Crippen LogP contribution in [0.3, 0.4) is 0 Å². The van der Waals surface area contributed by atoms with E-state index < -0.39 is 23.8 Å². The normalized spacial score (nSPS) is 24.6. The largest absolute Gasteiger partial charge is 0.469 e. The zero-order chi connectivity index (χ0) is 13.2. The third-order valence-corrected chi connectivity index (χ3v) is 2.59. The molecule has 0 radical (unpaired) electrons. The Morgan fingerprint density at radius 2 is 1.94 bits per heavy atom. The van der Waals surface area contributed by atoms with Crippen molar-refractivity contribution >= 4 is 12.1 Å². The van der Waals surface area contributed by atoms with E-state index in [1.807, 2.05) is 0 Å². The summed E-state index contributed by atoms with van der Waals surface area (Å²) < 4.78 is 9.84. The van der Waals surface area contributed by atoms with Gasteiger partial charge in [0.05, 0.1) is 19.2 Å². The zero-order valence-electron chi connectivity index (χ0n) is 10.7. The van der Waals surface area contributed by atoms with Crippen molar-refractivity contribution in [2.45, 2.75) is 39.0 Å². The highest BCUT2D eigenvalue weighted by Crippen LogP contribution is 2.24. The molecular weight excluding hydrogens is 224 g/mol. The molecule has 0 aliphatic carbocycles. The number of methoxy groups -OCH3 is 1. The van der Waals surface area contributed by atoms with Crippen molar-refractivity contribution in [3.63, 3.8) is 0 Å². The smallest absolute Gasteiger partial charge is 0.411 e. The summed E-state index contributed by atoms with van der Waals surface area (Å²) >= 11 is 0. The molecule has 0 saturated carbocycles. The summed E-state index contributed by atoms with van der Waals surface area (Å²) in [6.07, 6.45) is -0.652. The van der Waals surface area contributed by atoms with Crippen LogP contribution in [-0.4, -0.2) is 42.4 Å². The molecule has 0 aromatic carbocycles. The maximum absolute atomic E-state index is 11.8. The minimum absolute atomic E-state index is 0.386. The molecule has 1 fully saturated rings. The van der Waals surface area contributed by atoms with Gasteiger partial charge in [-0.3, -0.25) is 9.69 Å². The van der Waals surface area contributed by atoms with E-state index in [0.29, 0.717) is 13.0 Å². The van der Waals surface area contributed by atoms with E-state index in [0.717, 1.165) is 0 Å². The van der Waals surface area contributed by atoms with Crippen LogP contribution in [-0.2, 0) is 14.3 Å². The lowest BCUT2D eigenvalue weighted by Crippen LogP contribution is -2.47. The molecule has 1 aliphatic rings. The van der Waals surface area contributed by atoms with Crippen LogP contribution >= 0.6 is 0 Å². The second-order valence-corrected chi connectivity index (χ2v) is 5.08. The lowest BCUT2D eigenvalue weighted by molar-refractivity contribution is -0.146. The fourth-order valence-electron chi connectivity index (χ4n) is 1.76. The van der Waals surface area contributed by atoms with Crippen LogP contribution in [0.25, 0.3) is 0 Å². The third-order valence-electron chi connectivity index (χ3n) is 2.59. The van der Waals surface area contributed by atoms with Gasteiger partial charge in [-0.1, -0.05) is 0 Å². The minimum atomic E-state index is -0.669. The molecule has 0 bridgehead atoms. The molecule has 1 saturated heterocycles. The second-order valence-electron chi connectivity index (χ2n) is 5.08. The van der Waals surface area contributed by atoms with Crippen molar-refractivity contribution in [3.8, 4) is 0 Å². The molecule has 0 aromatic rings. The fourth-order valence-corrected chi connectivity index (χ4v) is 1.76. The van der Waals surface area contributed by atoms with Crippen LogP contribution in [0.2, 0.25) is 0 Å². The van der Waals surface area contributed by atoms with Gasteiger partial charge < -0.3 is 15.2 Å². The predicted octanol–water partition coefficient (Wildman–Crippen LogP) is 0.701. The van der Waals surface area contributed by atoms with Gasteiger partial charge in [0.2, 0.25) is 0 Å². The Labute approximate surface area is 101 Å². The quantitative estimate of drug-likeness (QED) is 0.687. The van der Waals surface area contributed by atoms with Crippen molar-refractivity contribution in [1.82, 2.24) is 4.90 Å². The SMILES string of the molecule is COC(=O)C1CCN(C(=O)OC(C)(C)C)C1N. The number of rotatable bonds is 1. The Balaban J connectivity index is 2.64. The molecule has 1 heterocycles. The molecule has 98 valence electrons. The van der Waals surface area contributed by atoms with Crippen molar-refractivity contribution in [2.24, 2.45) is 11.7 Å². The van der Waals surface area contributed by atoms with E-state index >= 15 is 0 Å². The third kappa shape index (κ3) is 3.33. The molecule has 6 nitrogen and oxygen atoms in total. The van der Waals surface area contributed by atoms with Crippen molar-refractivity contribution in [2.75, 3.05) is 13.7 Å². The summed E-state index contributed by atoms with van der Waals surface area (Å²) in [5.74, 6) is -0.851. The number of likely N-dealkylation sites (tertiary alicyclic amines) is 1. The maximum Gasteiger partial charge on any atom is 0.411 e. The Bertz CT molecular complexity index is 311. The van der Waals surface area contributed by atoms with E-state index in [2.05, 4.69) is 4.74 Å². The number of hydrogen-bond acceptors (Lipinski definition) is 5. The van der Waals surface area contributed by atoms with E-state index in [9.17, 15) is 9.59 Å². The molecule has 2 unspecified atom stereocenters. The highest BCUT2D eigenvalue weighted by molar-refractivity contribution is 5.76. The number of amides is 1. The van der Waals surface area contributed by atoms with E-state index in [1.54, 1.807) is 20.8 Å². The summed E-state index contributed by atoms with van der Waals surface area (Å²) in [5.41, 5.74) is 5.27. The van der Waals surface area contributed by atoms with Gasteiger partial charge in [-0.15, -0.1) is 0 Å². The number of nitrogens with zero attached hydrogens (tertiary/aromatic N) is 1. The summed E-state index contributed by atoms with van der Waals surface area (Å²) in [4.78, 5) is 24.6. The van der Waals surface area contributed by atoms with Gasteiger partial charge in [0.1, 0.15) is 5.60 Å². The first-order chi connectivity index (χ1) is 7.76. The van der Waals surface area contributed by atoms with Gasteiger partial charge in [0.25, 0.3) is 0 Å². The van der Waals surface area contributed by atoms with Crippen LogP contribution in [0, 0.1) is 5.92 Å². The molecule has 2 N–H and O–H groups in total. The molecule has 1 rings (SSSR count). The molecule has 0 aromatic heterocycles. The minimum Gasteiger partial charge on any atom is -0.469 e. The van der Waals surface area contributed by atoms with Gasteiger partial charge in [-0.25, -0.2) is 4.79 Å². The average molecular weight is 244 g/mol. The summed E-state index contributed by atoms with van der Waals surface area (Å²) in [7, 11) is 1.31. The molecule has 17 heavy (non-hydrogen) atoms. The number of esters is 1. The van der Waals surface area contributed by atoms with Crippen LogP contribution in [0.15, 0.2) is 0 Å². The van der Waals surface area contributed by atoms with Crippen LogP contribution < -0.4 is 5.73 Å². The number of hydrogen-bond donors (Lipinski definition) is 1. The second kappa shape index (κ2) is 4.91. The van der Waals surface area contributed by atoms with Gasteiger partial charge in [0.15, 0.2) is 0 Å². The zero-order valence-corrected chi connectivity index (χ0v) is 10.7. The average Bonchev–Trinajstić information content (AvgIpc) is 2.56. The summed E-state index contributed by atoms with van der Waals surface area (Å²) in [5, 5.41) is 0. The van der Waals surface area contributed by atoms with Gasteiger partial charge in [-0.2, -0.15) is 0 Å². The number of ether oxygens (including phenoxy) is 2. The molecule has 0 spiro atoms. The monoisotopic (exact) mass is 244 g/mol. The van der Waals surface area contributed by atoms with Gasteiger partial charge in [0, 0.05) is 6.54 Å². The topological polar surface area (TPSA) is 81.9 Å². The van der Waals surface area contributed by atoms with Crippen molar-refractivity contribution in [3.05, 3.63) is 0 Å². The summed E-state index contributed by atoms with van der Waals surface area (Å²) in [6.45, 7) is 5.76. The van der Waals surface area contributed by atoms with Gasteiger partial charge >= 0.3 is 12.1 Å². The Kier molecular flexibility index (Phi) is 3.98. The molecule has 2 atom stereocenters. The number of nitrogens with two attached hydrogens (primary N) is 1. The standard InChI is InChI=1S/C11H20N2O4/c1-11(2,3)17-10(15)13-6-5-7(8(13)12)9(14)16-4/h7-8H,5-6,12H2,1-4H3. The van der Waals surface area contributed by atoms with Crippen LogP contribution in [0.4, 0.5) is 4.79 Å². The lowest BCUT2D eigenvalue weighted by Gasteiger charge is -2.27. The van der Waals surface area contributed by atoms with E-state index in [-0.39, 0.29) is 5.97 Å². The summed E-state index contributed by atoms with van der Waals surface area (Å²) in [6, 6.07) is 0. The van der Waals surface area contributed by atoms with Crippen LogP contribution in [0.1, 0.15) is 27.2 Å². The Morgan fingerprint density at radius 3 is 2.41 bits per heavy atom. The fraction of sp³-hybridized carbons (Fsp3) is 0.818. The van der Waals surface area contributed by atoms with Crippen molar-refractivity contribution < 1.29 is 19.1 Å². The van der Waals surface area contributed by atoms with Crippen LogP contribution in [0.5, 0.6) is 0 Å². The number of carbonyl (C=O) groups is 2. The van der Waals surface area contributed by atoms with E-state index in [1.165, 1.54) is 12.0 Å². The highest BCUT2D eigenvalue weighted by Gasteiger charge is 2.41. The molecule has 6 heteroatoms. The lowest BCUT2D eigenvalue weighted by atomic mass is 10.1. The molecular formula is C11H20N2O4. The Hall–Kier alpha value is -1.30. The highest BCUT2D eigenvalue weighted by atomic mass is 16.6.